The number of hydrogen-bond donors (Lipinski definition) is 1. The van der Waals surface area contributed by atoms with Gasteiger partial charge in [-0.15, -0.1) is 0 Å². The average molecular weight is 278 g/mol. The molecule has 0 radical (unpaired) electrons. The van der Waals surface area contributed by atoms with Crippen LogP contribution in [-0.4, -0.2) is 19.9 Å². The minimum atomic E-state index is 0.360. The van der Waals surface area contributed by atoms with Crippen molar-refractivity contribution in [2.24, 2.45) is 5.92 Å². The molecule has 0 amide bonds. The molecule has 1 aromatic rings. The SMILES string of the molecule is CC[NH2+]CC[C@H](CCC(C)C)c1ccc2c(c1)OCO2. The van der Waals surface area contributed by atoms with Crippen molar-refractivity contribution in [3.63, 3.8) is 0 Å². The van der Waals surface area contributed by atoms with E-state index in [0.717, 1.165) is 24.0 Å². The fourth-order valence-corrected chi connectivity index (χ4v) is 2.70. The monoisotopic (exact) mass is 278 g/mol. The highest BCUT2D eigenvalue weighted by Crippen LogP contribution is 2.36. The first-order valence-corrected chi connectivity index (χ1v) is 7.92. The number of quaternary nitrogens is 1. The van der Waals surface area contributed by atoms with Crippen LogP contribution in [0.25, 0.3) is 0 Å². The normalized spacial score (nSPS) is 14.8. The zero-order chi connectivity index (χ0) is 14.4. The van der Waals surface area contributed by atoms with E-state index in [1.165, 1.54) is 31.4 Å². The van der Waals surface area contributed by atoms with Crippen LogP contribution >= 0.6 is 0 Å². The van der Waals surface area contributed by atoms with E-state index in [9.17, 15) is 0 Å². The maximum atomic E-state index is 5.51. The molecule has 20 heavy (non-hydrogen) atoms. The molecule has 1 atom stereocenters. The number of fused-ring (bicyclic) bond motifs is 1. The third-order valence-electron chi connectivity index (χ3n) is 3.97. The van der Waals surface area contributed by atoms with Crippen LogP contribution in [0, 0.1) is 5.92 Å². The van der Waals surface area contributed by atoms with Crippen molar-refractivity contribution in [2.75, 3.05) is 19.9 Å². The summed E-state index contributed by atoms with van der Waals surface area (Å²) in [5.41, 5.74) is 1.40. The molecule has 1 aliphatic heterocycles. The molecule has 3 heteroatoms. The van der Waals surface area contributed by atoms with E-state index in [-0.39, 0.29) is 0 Å². The molecule has 0 aliphatic carbocycles. The van der Waals surface area contributed by atoms with Gasteiger partial charge < -0.3 is 14.8 Å². The summed E-state index contributed by atoms with van der Waals surface area (Å²) in [5, 5.41) is 2.38. The number of benzene rings is 1. The molecule has 3 nitrogen and oxygen atoms in total. The van der Waals surface area contributed by atoms with Gasteiger partial charge in [-0.05, 0) is 42.9 Å². The van der Waals surface area contributed by atoms with E-state index in [1.54, 1.807) is 0 Å². The largest absolute Gasteiger partial charge is 0.454 e. The van der Waals surface area contributed by atoms with Crippen LogP contribution in [0.3, 0.4) is 0 Å². The van der Waals surface area contributed by atoms with E-state index in [0.29, 0.717) is 12.7 Å². The van der Waals surface area contributed by atoms with Crippen LogP contribution in [0.5, 0.6) is 11.5 Å². The van der Waals surface area contributed by atoms with Gasteiger partial charge in [-0.2, -0.15) is 0 Å². The Labute approximate surface area is 122 Å². The molecule has 0 bridgehead atoms. The number of nitrogens with two attached hydrogens (primary N) is 1. The first kappa shape index (κ1) is 15.2. The maximum absolute atomic E-state index is 5.51. The van der Waals surface area contributed by atoms with E-state index in [1.807, 2.05) is 0 Å². The fraction of sp³-hybridized carbons (Fsp3) is 0.647. The van der Waals surface area contributed by atoms with Crippen molar-refractivity contribution in [1.82, 2.24) is 0 Å². The minimum Gasteiger partial charge on any atom is -0.454 e. The topological polar surface area (TPSA) is 35.1 Å². The molecule has 0 fully saturated rings. The third-order valence-corrected chi connectivity index (χ3v) is 3.97. The Morgan fingerprint density at radius 3 is 2.65 bits per heavy atom. The molecule has 0 unspecified atom stereocenters. The minimum absolute atomic E-state index is 0.360. The summed E-state index contributed by atoms with van der Waals surface area (Å²) >= 11 is 0. The Kier molecular flexibility index (Phi) is 5.72. The van der Waals surface area contributed by atoms with Gasteiger partial charge in [0.2, 0.25) is 6.79 Å². The van der Waals surface area contributed by atoms with Crippen LogP contribution in [0.4, 0.5) is 0 Å². The van der Waals surface area contributed by atoms with E-state index in [2.05, 4.69) is 44.3 Å². The van der Waals surface area contributed by atoms with E-state index >= 15 is 0 Å². The van der Waals surface area contributed by atoms with Crippen molar-refractivity contribution in [3.8, 4) is 11.5 Å². The highest BCUT2D eigenvalue weighted by atomic mass is 16.7. The lowest BCUT2D eigenvalue weighted by Crippen LogP contribution is -2.83. The summed E-state index contributed by atoms with van der Waals surface area (Å²) in [6, 6.07) is 6.45. The summed E-state index contributed by atoms with van der Waals surface area (Å²) in [4.78, 5) is 0. The molecule has 0 aromatic heterocycles. The second-order valence-electron chi connectivity index (χ2n) is 6.06. The first-order valence-electron chi connectivity index (χ1n) is 7.92. The zero-order valence-electron chi connectivity index (χ0n) is 13.0. The highest BCUT2D eigenvalue weighted by molar-refractivity contribution is 5.45. The summed E-state index contributed by atoms with van der Waals surface area (Å²) < 4.78 is 10.9. The summed E-state index contributed by atoms with van der Waals surface area (Å²) in [6.45, 7) is 9.54. The van der Waals surface area contributed by atoms with Crippen LogP contribution in [0.1, 0.15) is 51.5 Å². The van der Waals surface area contributed by atoms with Crippen molar-refractivity contribution >= 4 is 0 Å². The molecule has 0 saturated heterocycles. The number of rotatable bonds is 8. The lowest BCUT2D eigenvalue weighted by atomic mass is 9.88. The molecule has 1 aliphatic rings. The van der Waals surface area contributed by atoms with Gasteiger partial charge in [-0.1, -0.05) is 26.3 Å². The van der Waals surface area contributed by atoms with Crippen LogP contribution in [0.2, 0.25) is 0 Å². The molecule has 1 heterocycles. The lowest BCUT2D eigenvalue weighted by Gasteiger charge is -2.18. The molecular weight excluding hydrogens is 250 g/mol. The van der Waals surface area contributed by atoms with Gasteiger partial charge in [0.25, 0.3) is 0 Å². The Balaban J connectivity index is 2.03. The Hall–Kier alpha value is -1.22. The highest BCUT2D eigenvalue weighted by Gasteiger charge is 2.18. The Morgan fingerprint density at radius 2 is 1.90 bits per heavy atom. The molecule has 2 rings (SSSR count). The van der Waals surface area contributed by atoms with Crippen molar-refractivity contribution in [1.29, 1.82) is 0 Å². The lowest BCUT2D eigenvalue weighted by molar-refractivity contribution is -0.652. The molecular formula is C17H28NO2+. The first-order chi connectivity index (χ1) is 9.70. The zero-order valence-corrected chi connectivity index (χ0v) is 13.0. The third kappa shape index (κ3) is 4.14. The molecule has 0 spiro atoms. The maximum Gasteiger partial charge on any atom is 0.231 e. The van der Waals surface area contributed by atoms with Gasteiger partial charge in [-0.25, -0.2) is 0 Å². The second-order valence-corrected chi connectivity index (χ2v) is 6.06. The van der Waals surface area contributed by atoms with Crippen molar-refractivity contribution in [2.45, 2.75) is 46.0 Å². The van der Waals surface area contributed by atoms with Crippen molar-refractivity contribution < 1.29 is 14.8 Å². The van der Waals surface area contributed by atoms with Crippen LogP contribution < -0.4 is 14.8 Å². The molecule has 2 N–H and O–H groups in total. The summed E-state index contributed by atoms with van der Waals surface area (Å²) in [7, 11) is 0. The van der Waals surface area contributed by atoms with Crippen LogP contribution in [-0.2, 0) is 0 Å². The summed E-state index contributed by atoms with van der Waals surface area (Å²) in [5.74, 6) is 3.20. The van der Waals surface area contributed by atoms with Gasteiger partial charge in [0.1, 0.15) is 0 Å². The molecule has 112 valence electrons. The number of hydrogen-bond acceptors (Lipinski definition) is 2. The van der Waals surface area contributed by atoms with Crippen LogP contribution in [0.15, 0.2) is 18.2 Å². The van der Waals surface area contributed by atoms with Gasteiger partial charge >= 0.3 is 0 Å². The fourth-order valence-electron chi connectivity index (χ4n) is 2.70. The molecule has 1 aromatic carbocycles. The summed E-state index contributed by atoms with van der Waals surface area (Å²) in [6.07, 6.45) is 3.78. The Bertz CT molecular complexity index is 417. The standard InChI is InChI=1S/C17H27NO2/c1-4-18-10-9-14(6-5-13(2)3)15-7-8-16-17(11-15)20-12-19-16/h7-8,11,13-14,18H,4-6,9-10,12H2,1-3H3/p+1/t14-/m0/s1. The molecule has 0 saturated carbocycles. The van der Waals surface area contributed by atoms with E-state index in [4.69, 9.17) is 9.47 Å². The van der Waals surface area contributed by atoms with E-state index < -0.39 is 0 Å². The quantitative estimate of drug-likeness (QED) is 0.742. The second kappa shape index (κ2) is 7.53. The predicted octanol–water partition coefficient (Wildman–Crippen LogP) is 2.91. The van der Waals surface area contributed by atoms with Gasteiger partial charge in [-0.3, -0.25) is 0 Å². The van der Waals surface area contributed by atoms with Gasteiger partial charge in [0.15, 0.2) is 11.5 Å². The average Bonchev–Trinajstić information content (AvgIpc) is 2.89. The van der Waals surface area contributed by atoms with Gasteiger partial charge in [0.05, 0.1) is 13.1 Å². The van der Waals surface area contributed by atoms with Gasteiger partial charge in [0, 0.05) is 6.42 Å². The predicted molar refractivity (Wildman–Crippen MR) is 81.3 cm³/mol. The smallest absolute Gasteiger partial charge is 0.231 e. The van der Waals surface area contributed by atoms with Crippen molar-refractivity contribution in [3.05, 3.63) is 23.8 Å². The Morgan fingerprint density at radius 1 is 1.10 bits per heavy atom. The number of ether oxygens (including phenoxy) is 2.